The van der Waals surface area contributed by atoms with Crippen LogP contribution >= 0.6 is 0 Å². The van der Waals surface area contributed by atoms with Gasteiger partial charge in [0.25, 0.3) is 0 Å². The second-order valence-electron chi connectivity index (χ2n) is 6.59. The molecule has 1 fully saturated rings. The molecule has 0 saturated carbocycles. The molecule has 0 radical (unpaired) electrons. The van der Waals surface area contributed by atoms with Gasteiger partial charge in [-0.05, 0) is 18.6 Å². The van der Waals surface area contributed by atoms with Crippen LogP contribution in [0.25, 0.3) is 0 Å². The number of benzene rings is 1. The van der Waals surface area contributed by atoms with Crippen LogP contribution in [0.3, 0.4) is 0 Å². The Morgan fingerprint density at radius 3 is 2.00 bits per heavy atom. The van der Waals surface area contributed by atoms with Gasteiger partial charge < -0.3 is 10.1 Å². The summed E-state index contributed by atoms with van der Waals surface area (Å²) in [4.78, 5) is 1.41. The molecule has 2 rings (SSSR count). The summed E-state index contributed by atoms with van der Waals surface area (Å²) < 4.78 is 123. The second kappa shape index (κ2) is 8.58. The lowest BCUT2D eigenvalue weighted by Crippen LogP contribution is -2.45. The number of halogens is 9. The molecule has 1 aliphatic rings. The molecule has 0 bridgehead atoms. The molecule has 0 unspecified atom stereocenters. The second-order valence-corrected chi connectivity index (χ2v) is 6.59. The summed E-state index contributed by atoms with van der Waals surface area (Å²) in [7, 11) is 0.887. The highest BCUT2D eigenvalue weighted by molar-refractivity contribution is 5.48. The van der Waals surface area contributed by atoms with E-state index in [1.807, 2.05) is 0 Å². The predicted octanol–water partition coefficient (Wildman–Crippen LogP) is 5.02. The number of piperazine rings is 1. The summed E-state index contributed by atoms with van der Waals surface area (Å²) in [5, 5.41) is 2.93. The number of nitrogens with zero attached hydrogens (tertiary/aromatic N) is 1. The van der Waals surface area contributed by atoms with Crippen LogP contribution in [-0.2, 0) is 12.4 Å². The highest BCUT2D eigenvalue weighted by Crippen LogP contribution is 2.46. The zero-order valence-corrected chi connectivity index (χ0v) is 15.2. The maximum atomic E-state index is 13.7. The van der Waals surface area contributed by atoms with Gasteiger partial charge in [-0.2, -0.15) is 39.5 Å². The van der Waals surface area contributed by atoms with E-state index in [4.69, 9.17) is 4.74 Å². The largest absolute Gasteiger partial charge is 0.496 e. The summed E-state index contributed by atoms with van der Waals surface area (Å²) in [6.07, 6.45) is -17.1. The normalized spacial score (nSPS) is 18.0. The molecule has 1 N–H and O–H groups in total. The predicted molar refractivity (Wildman–Crippen MR) is 85.5 cm³/mol. The van der Waals surface area contributed by atoms with Crippen LogP contribution in [0.5, 0.6) is 5.75 Å². The molecule has 1 atom stereocenters. The molecular weight excluding hydrogens is 419 g/mol. The molecule has 1 aliphatic heterocycles. The molecule has 0 spiro atoms. The average Bonchev–Trinajstić information content (AvgIpc) is 2.59. The molecule has 1 aromatic carbocycles. The van der Waals surface area contributed by atoms with Crippen molar-refractivity contribution in [1.29, 1.82) is 0 Å². The smallest absolute Gasteiger partial charge is 0.416 e. The lowest BCUT2D eigenvalue weighted by atomic mass is 9.91. The number of hydrogen-bond donors (Lipinski definition) is 1. The van der Waals surface area contributed by atoms with Gasteiger partial charge >= 0.3 is 18.5 Å². The zero-order chi connectivity index (χ0) is 22.0. The van der Waals surface area contributed by atoms with Crippen molar-refractivity contribution in [2.45, 2.75) is 37.4 Å². The van der Waals surface area contributed by atoms with Gasteiger partial charge in [0.1, 0.15) is 5.75 Å². The fraction of sp³-hybridized carbons (Fsp3) is 0.647. The Bertz CT molecular complexity index is 692. The lowest BCUT2D eigenvalue weighted by Gasteiger charge is -2.37. The van der Waals surface area contributed by atoms with Crippen molar-refractivity contribution in [3.63, 3.8) is 0 Å². The van der Waals surface area contributed by atoms with E-state index in [1.54, 1.807) is 0 Å². The third-order valence-corrected chi connectivity index (χ3v) is 4.62. The van der Waals surface area contributed by atoms with Crippen LogP contribution in [0.4, 0.5) is 39.5 Å². The molecule has 0 aliphatic carbocycles. The summed E-state index contributed by atoms with van der Waals surface area (Å²) in [6.45, 7) is 0.938. The van der Waals surface area contributed by atoms with Gasteiger partial charge in [-0.1, -0.05) is 0 Å². The Morgan fingerprint density at radius 2 is 1.55 bits per heavy atom. The zero-order valence-electron chi connectivity index (χ0n) is 15.2. The van der Waals surface area contributed by atoms with Gasteiger partial charge in [0.05, 0.1) is 18.2 Å². The van der Waals surface area contributed by atoms with Gasteiger partial charge in [-0.15, -0.1) is 0 Å². The number of nitrogens with one attached hydrogen (secondary N) is 1. The molecule has 12 heteroatoms. The molecule has 1 saturated heterocycles. The van der Waals surface area contributed by atoms with Gasteiger partial charge in [0, 0.05) is 44.2 Å². The number of alkyl halides is 9. The number of hydrogen-bond acceptors (Lipinski definition) is 3. The summed E-state index contributed by atoms with van der Waals surface area (Å²) >= 11 is 0. The van der Waals surface area contributed by atoms with E-state index in [-0.39, 0.29) is 19.2 Å². The van der Waals surface area contributed by atoms with Gasteiger partial charge in [-0.25, -0.2) is 0 Å². The maximum Gasteiger partial charge on any atom is 0.416 e. The van der Waals surface area contributed by atoms with Crippen LogP contribution < -0.4 is 10.1 Å². The van der Waals surface area contributed by atoms with Crippen LogP contribution in [0, 0.1) is 0 Å². The van der Waals surface area contributed by atoms with Crippen LogP contribution in [0.2, 0.25) is 0 Å². The van der Waals surface area contributed by atoms with Crippen molar-refractivity contribution in [1.82, 2.24) is 10.2 Å². The Morgan fingerprint density at radius 1 is 0.966 bits per heavy atom. The minimum atomic E-state index is -5.21. The standard InChI is InChI=1S/C17H19F9N2O/c1-29-13-9-10(16(21,22)23)8-11(17(24,25)26)14(13)12(2-3-15(18,19)20)28-6-4-27-5-7-28/h8-9,12,27H,2-7H2,1H3/t12-/m0/s1. The molecule has 3 nitrogen and oxygen atoms in total. The van der Waals surface area contributed by atoms with Crippen molar-refractivity contribution < 1.29 is 44.3 Å². The highest BCUT2D eigenvalue weighted by atomic mass is 19.4. The number of ether oxygens (including phenoxy) is 1. The topological polar surface area (TPSA) is 24.5 Å². The van der Waals surface area contributed by atoms with E-state index in [0.29, 0.717) is 19.2 Å². The summed E-state index contributed by atoms with van der Waals surface area (Å²) in [5.74, 6) is -0.738. The van der Waals surface area contributed by atoms with Crippen LogP contribution in [-0.4, -0.2) is 44.4 Å². The van der Waals surface area contributed by atoms with Crippen molar-refractivity contribution in [2.75, 3.05) is 33.3 Å². The Kier molecular flexibility index (Phi) is 6.98. The average molecular weight is 438 g/mol. The van der Waals surface area contributed by atoms with Gasteiger partial charge in [0.15, 0.2) is 0 Å². The molecular formula is C17H19F9N2O. The fourth-order valence-corrected chi connectivity index (χ4v) is 3.34. The Labute approximate surface area is 160 Å². The molecule has 1 aromatic rings. The van der Waals surface area contributed by atoms with E-state index in [9.17, 15) is 39.5 Å². The fourth-order valence-electron chi connectivity index (χ4n) is 3.34. The Balaban J connectivity index is 2.65. The van der Waals surface area contributed by atoms with E-state index in [1.165, 1.54) is 4.90 Å². The molecule has 29 heavy (non-hydrogen) atoms. The van der Waals surface area contributed by atoms with Crippen molar-refractivity contribution in [3.8, 4) is 5.75 Å². The van der Waals surface area contributed by atoms with Crippen molar-refractivity contribution in [3.05, 3.63) is 28.8 Å². The first-order valence-corrected chi connectivity index (χ1v) is 8.62. The summed E-state index contributed by atoms with van der Waals surface area (Å²) in [5.41, 5.74) is -3.94. The van der Waals surface area contributed by atoms with Gasteiger partial charge in [0.2, 0.25) is 0 Å². The monoisotopic (exact) mass is 438 g/mol. The van der Waals surface area contributed by atoms with E-state index >= 15 is 0 Å². The van der Waals surface area contributed by atoms with E-state index in [2.05, 4.69) is 5.32 Å². The highest BCUT2D eigenvalue weighted by Gasteiger charge is 2.43. The van der Waals surface area contributed by atoms with E-state index < -0.39 is 59.9 Å². The molecule has 1 heterocycles. The number of methoxy groups -OCH3 is 1. The molecule has 0 aromatic heterocycles. The SMILES string of the molecule is COc1cc(C(F)(F)F)cc(C(F)(F)F)c1[C@H](CCC(F)(F)F)N1CCNCC1. The third-order valence-electron chi connectivity index (χ3n) is 4.62. The van der Waals surface area contributed by atoms with Crippen molar-refractivity contribution in [2.24, 2.45) is 0 Å². The molecule has 166 valence electrons. The van der Waals surface area contributed by atoms with E-state index in [0.717, 1.165) is 7.11 Å². The van der Waals surface area contributed by atoms with Crippen LogP contribution in [0.15, 0.2) is 12.1 Å². The molecule has 0 amide bonds. The first-order valence-electron chi connectivity index (χ1n) is 8.62. The minimum Gasteiger partial charge on any atom is -0.496 e. The quantitative estimate of drug-likeness (QED) is 0.654. The minimum absolute atomic E-state index is 0.0688. The Hall–Kier alpha value is -1.69. The third kappa shape index (κ3) is 6.14. The van der Waals surface area contributed by atoms with Gasteiger partial charge in [-0.3, -0.25) is 4.90 Å². The first kappa shape index (κ1) is 23.6. The van der Waals surface area contributed by atoms with Crippen molar-refractivity contribution >= 4 is 0 Å². The summed E-state index contributed by atoms with van der Waals surface area (Å²) in [6, 6.07) is -1.08. The maximum absolute atomic E-state index is 13.7. The van der Waals surface area contributed by atoms with Crippen LogP contribution in [0.1, 0.15) is 35.6 Å². The lowest BCUT2D eigenvalue weighted by molar-refractivity contribution is -0.144. The first-order chi connectivity index (χ1) is 13.2. The number of rotatable bonds is 5.